The van der Waals surface area contributed by atoms with Gasteiger partial charge in [0.1, 0.15) is 17.3 Å². The molecule has 0 aliphatic heterocycles. The predicted molar refractivity (Wildman–Crippen MR) is 81.0 cm³/mol. The third kappa shape index (κ3) is 3.77. The zero-order valence-electron chi connectivity index (χ0n) is 11.7. The van der Waals surface area contributed by atoms with E-state index >= 15 is 0 Å². The van der Waals surface area contributed by atoms with Crippen LogP contribution in [0.3, 0.4) is 0 Å². The molecule has 5 nitrogen and oxygen atoms in total. The lowest BCUT2D eigenvalue weighted by Gasteiger charge is -2.09. The van der Waals surface area contributed by atoms with Crippen LogP contribution in [0.4, 0.5) is 5.82 Å². The Morgan fingerprint density at radius 2 is 1.85 bits per heavy atom. The fourth-order valence-corrected chi connectivity index (χ4v) is 1.95. The fraction of sp³-hybridized carbons (Fsp3) is 0.286. The maximum absolute atomic E-state index is 5.75. The molecule has 0 bridgehead atoms. The average Bonchev–Trinajstić information content (AvgIpc) is 2.48. The molecule has 0 saturated heterocycles. The van der Waals surface area contributed by atoms with Crippen molar-refractivity contribution in [1.29, 1.82) is 0 Å². The Bertz CT molecular complexity index is 561. The van der Waals surface area contributed by atoms with Crippen molar-refractivity contribution in [3.8, 4) is 17.4 Å². The number of nitrogens with zero attached hydrogens (tertiary/aromatic N) is 2. The molecule has 6 heteroatoms. The van der Waals surface area contributed by atoms with Crippen molar-refractivity contribution >= 4 is 17.6 Å². The Balaban J connectivity index is 2.20. The van der Waals surface area contributed by atoms with Crippen molar-refractivity contribution in [3.63, 3.8) is 0 Å². The molecular weight excluding hydrogens is 274 g/mol. The van der Waals surface area contributed by atoms with E-state index in [-0.39, 0.29) is 0 Å². The van der Waals surface area contributed by atoms with Gasteiger partial charge in [-0.1, -0.05) is 11.8 Å². The fourth-order valence-electron chi connectivity index (χ4n) is 1.58. The molecule has 2 rings (SSSR count). The standard InChI is InChI=1S/C14H17N3O2S/c1-4-15-12-9-13(17-14(16-12)20-3)19-11-7-5-10(18-2)6-8-11/h5-9H,4H2,1-3H3,(H,15,16,17). The number of nitrogens with one attached hydrogen (secondary N) is 1. The van der Waals surface area contributed by atoms with Gasteiger partial charge in [-0.05, 0) is 37.4 Å². The van der Waals surface area contributed by atoms with Gasteiger partial charge in [0.15, 0.2) is 5.16 Å². The lowest BCUT2D eigenvalue weighted by molar-refractivity contribution is 0.412. The molecule has 106 valence electrons. The van der Waals surface area contributed by atoms with E-state index in [1.807, 2.05) is 37.4 Å². The van der Waals surface area contributed by atoms with Gasteiger partial charge in [-0.2, -0.15) is 4.98 Å². The van der Waals surface area contributed by atoms with Crippen LogP contribution in [0.15, 0.2) is 35.5 Å². The topological polar surface area (TPSA) is 56.3 Å². The van der Waals surface area contributed by atoms with Gasteiger partial charge >= 0.3 is 0 Å². The van der Waals surface area contributed by atoms with Crippen LogP contribution in [-0.4, -0.2) is 29.9 Å². The van der Waals surface area contributed by atoms with Gasteiger partial charge in [-0.3, -0.25) is 0 Å². The molecule has 1 heterocycles. The average molecular weight is 291 g/mol. The molecule has 1 aromatic carbocycles. The lowest BCUT2D eigenvalue weighted by atomic mass is 10.3. The summed E-state index contributed by atoms with van der Waals surface area (Å²) in [6.07, 6.45) is 1.93. The van der Waals surface area contributed by atoms with E-state index in [4.69, 9.17) is 9.47 Å². The molecule has 0 aliphatic rings. The van der Waals surface area contributed by atoms with E-state index in [9.17, 15) is 0 Å². The van der Waals surface area contributed by atoms with Crippen LogP contribution in [-0.2, 0) is 0 Å². The molecule has 1 aromatic heterocycles. The second-order valence-electron chi connectivity index (χ2n) is 3.89. The third-order valence-corrected chi connectivity index (χ3v) is 3.05. The number of hydrogen-bond acceptors (Lipinski definition) is 6. The summed E-state index contributed by atoms with van der Waals surface area (Å²) in [6, 6.07) is 9.15. The maximum atomic E-state index is 5.75. The zero-order valence-corrected chi connectivity index (χ0v) is 12.5. The van der Waals surface area contributed by atoms with E-state index in [0.717, 1.165) is 18.1 Å². The third-order valence-electron chi connectivity index (χ3n) is 2.50. The Hall–Kier alpha value is -1.95. The smallest absolute Gasteiger partial charge is 0.225 e. The summed E-state index contributed by atoms with van der Waals surface area (Å²) in [7, 11) is 1.63. The van der Waals surface area contributed by atoms with Crippen LogP contribution in [0.2, 0.25) is 0 Å². The van der Waals surface area contributed by atoms with Crippen molar-refractivity contribution in [1.82, 2.24) is 9.97 Å². The number of anilines is 1. The highest BCUT2D eigenvalue weighted by Gasteiger charge is 2.06. The van der Waals surface area contributed by atoms with Gasteiger partial charge in [-0.25, -0.2) is 4.98 Å². The molecule has 0 unspecified atom stereocenters. The molecule has 0 atom stereocenters. The number of ether oxygens (including phenoxy) is 2. The number of methoxy groups -OCH3 is 1. The van der Waals surface area contributed by atoms with Crippen LogP contribution in [0, 0.1) is 0 Å². The molecule has 0 radical (unpaired) electrons. The zero-order chi connectivity index (χ0) is 14.4. The first-order valence-electron chi connectivity index (χ1n) is 6.24. The monoisotopic (exact) mass is 291 g/mol. The number of benzene rings is 1. The van der Waals surface area contributed by atoms with Gasteiger partial charge in [0.2, 0.25) is 5.88 Å². The Labute approximate surface area is 122 Å². The summed E-state index contributed by atoms with van der Waals surface area (Å²) >= 11 is 1.48. The largest absolute Gasteiger partial charge is 0.497 e. The summed E-state index contributed by atoms with van der Waals surface area (Å²) < 4.78 is 10.9. The molecule has 0 amide bonds. The van der Waals surface area contributed by atoms with Gasteiger partial charge in [0.05, 0.1) is 7.11 Å². The molecule has 2 aromatic rings. The number of aromatic nitrogens is 2. The highest BCUT2D eigenvalue weighted by atomic mass is 32.2. The van der Waals surface area contributed by atoms with Crippen molar-refractivity contribution in [2.24, 2.45) is 0 Å². The van der Waals surface area contributed by atoms with Crippen LogP contribution in [0.1, 0.15) is 6.92 Å². The first kappa shape index (κ1) is 14.5. The summed E-state index contributed by atoms with van der Waals surface area (Å²) in [5.74, 6) is 2.78. The molecule has 0 saturated carbocycles. The van der Waals surface area contributed by atoms with Crippen molar-refractivity contribution in [2.75, 3.05) is 25.2 Å². The number of thioether (sulfide) groups is 1. The summed E-state index contributed by atoms with van der Waals surface area (Å²) in [6.45, 7) is 2.82. The lowest BCUT2D eigenvalue weighted by Crippen LogP contribution is -2.02. The second kappa shape index (κ2) is 7.00. The molecule has 0 spiro atoms. The van der Waals surface area contributed by atoms with Crippen LogP contribution in [0.25, 0.3) is 0 Å². The van der Waals surface area contributed by atoms with E-state index in [1.165, 1.54) is 11.8 Å². The predicted octanol–water partition coefficient (Wildman–Crippen LogP) is 3.43. The first-order chi connectivity index (χ1) is 9.75. The quantitative estimate of drug-likeness (QED) is 0.650. The first-order valence-corrected chi connectivity index (χ1v) is 7.46. The van der Waals surface area contributed by atoms with Crippen LogP contribution < -0.4 is 14.8 Å². The minimum absolute atomic E-state index is 0.519. The normalized spacial score (nSPS) is 10.2. The summed E-state index contributed by atoms with van der Waals surface area (Å²) in [5, 5.41) is 3.84. The molecule has 1 N–H and O–H groups in total. The number of hydrogen-bond donors (Lipinski definition) is 1. The Morgan fingerprint density at radius 3 is 2.45 bits per heavy atom. The molecule has 20 heavy (non-hydrogen) atoms. The van der Waals surface area contributed by atoms with Crippen LogP contribution in [0.5, 0.6) is 17.4 Å². The molecular formula is C14H17N3O2S. The van der Waals surface area contributed by atoms with Crippen LogP contribution >= 0.6 is 11.8 Å². The van der Waals surface area contributed by atoms with Gasteiger partial charge in [0, 0.05) is 12.6 Å². The van der Waals surface area contributed by atoms with E-state index in [2.05, 4.69) is 15.3 Å². The molecule has 0 aliphatic carbocycles. The summed E-state index contributed by atoms with van der Waals surface area (Å²) in [5.41, 5.74) is 0. The van der Waals surface area contributed by atoms with Crippen molar-refractivity contribution < 1.29 is 9.47 Å². The number of rotatable bonds is 6. The minimum Gasteiger partial charge on any atom is -0.497 e. The van der Waals surface area contributed by atoms with E-state index < -0.39 is 0 Å². The van der Waals surface area contributed by atoms with Gasteiger partial charge in [-0.15, -0.1) is 0 Å². The van der Waals surface area contributed by atoms with E-state index in [1.54, 1.807) is 13.2 Å². The van der Waals surface area contributed by atoms with Gasteiger partial charge < -0.3 is 14.8 Å². The van der Waals surface area contributed by atoms with Crippen molar-refractivity contribution in [3.05, 3.63) is 30.3 Å². The highest BCUT2D eigenvalue weighted by molar-refractivity contribution is 7.98. The summed E-state index contributed by atoms with van der Waals surface area (Å²) in [4.78, 5) is 8.68. The van der Waals surface area contributed by atoms with E-state index in [0.29, 0.717) is 16.8 Å². The Kier molecular flexibility index (Phi) is 5.06. The molecule has 0 fully saturated rings. The SMILES string of the molecule is CCNc1cc(Oc2ccc(OC)cc2)nc(SC)n1. The maximum Gasteiger partial charge on any atom is 0.225 e. The second-order valence-corrected chi connectivity index (χ2v) is 4.66. The highest BCUT2D eigenvalue weighted by Crippen LogP contribution is 2.25. The van der Waals surface area contributed by atoms with Gasteiger partial charge in [0.25, 0.3) is 0 Å². The minimum atomic E-state index is 0.519. The van der Waals surface area contributed by atoms with Crippen molar-refractivity contribution in [2.45, 2.75) is 12.1 Å². The Morgan fingerprint density at radius 1 is 1.15 bits per heavy atom.